The molecule has 2 fully saturated rings. The second-order valence-electron chi connectivity index (χ2n) is 7.98. The van der Waals surface area contributed by atoms with Gasteiger partial charge in [-0.3, -0.25) is 5.10 Å². The number of halogens is 3. The largest absolute Gasteiger partial charge is 0.490 e. The number of carboxylic acid groups (broad SMARTS) is 2. The van der Waals surface area contributed by atoms with Crippen LogP contribution in [0.3, 0.4) is 0 Å². The van der Waals surface area contributed by atoms with Crippen molar-refractivity contribution < 1.29 is 33.0 Å². The molecule has 4 rings (SSSR count). The minimum atomic E-state index is -5.08. The Kier molecular flexibility index (Phi) is 8.22. The van der Waals surface area contributed by atoms with E-state index < -0.39 is 18.1 Å². The number of nitrogens with one attached hydrogen (secondary N) is 1. The highest BCUT2D eigenvalue weighted by molar-refractivity contribution is 7.99. The van der Waals surface area contributed by atoms with Crippen LogP contribution in [0.2, 0.25) is 0 Å². The number of aromatic nitrogens is 3. The fourth-order valence-electron chi connectivity index (χ4n) is 4.04. The van der Waals surface area contributed by atoms with E-state index in [1.807, 2.05) is 0 Å². The molecule has 0 amide bonds. The molecule has 1 aliphatic carbocycles. The molecule has 3 N–H and O–H groups in total. The number of H-pyrrole nitrogens is 1. The molecule has 1 aromatic carbocycles. The van der Waals surface area contributed by atoms with Crippen molar-refractivity contribution in [1.82, 2.24) is 15.4 Å². The van der Waals surface area contributed by atoms with E-state index in [1.165, 1.54) is 37.2 Å². The van der Waals surface area contributed by atoms with Gasteiger partial charge in [-0.05, 0) is 62.1 Å². The van der Waals surface area contributed by atoms with Crippen molar-refractivity contribution in [2.75, 3.05) is 18.0 Å². The van der Waals surface area contributed by atoms with Crippen molar-refractivity contribution in [1.29, 1.82) is 0 Å². The van der Waals surface area contributed by atoms with E-state index in [1.54, 1.807) is 11.8 Å². The van der Waals surface area contributed by atoms with Gasteiger partial charge in [0, 0.05) is 24.0 Å². The van der Waals surface area contributed by atoms with Crippen LogP contribution in [-0.4, -0.2) is 62.1 Å². The lowest BCUT2D eigenvalue weighted by atomic mass is 9.84. The van der Waals surface area contributed by atoms with Gasteiger partial charge < -0.3 is 15.1 Å². The van der Waals surface area contributed by atoms with Gasteiger partial charge in [0.25, 0.3) is 0 Å². The van der Waals surface area contributed by atoms with Crippen molar-refractivity contribution in [3.63, 3.8) is 0 Å². The Morgan fingerprint density at radius 2 is 1.61 bits per heavy atom. The fraction of sp³-hybridized carbons (Fsp3) is 0.524. The van der Waals surface area contributed by atoms with Gasteiger partial charge in [0.05, 0.1) is 0 Å². The van der Waals surface area contributed by atoms with Crippen LogP contribution < -0.4 is 4.90 Å². The monoisotopic (exact) mass is 486 g/mol. The Morgan fingerprint density at radius 1 is 1.03 bits per heavy atom. The number of hydrogen-bond acceptors (Lipinski definition) is 6. The van der Waals surface area contributed by atoms with Crippen LogP contribution in [0.1, 0.15) is 60.5 Å². The van der Waals surface area contributed by atoms with Gasteiger partial charge in [-0.15, -0.1) is 5.10 Å². The Bertz CT molecular complexity index is 938. The summed E-state index contributed by atoms with van der Waals surface area (Å²) in [7, 11) is 0. The number of alkyl halides is 3. The van der Waals surface area contributed by atoms with Crippen LogP contribution >= 0.6 is 11.8 Å². The van der Waals surface area contributed by atoms with Crippen LogP contribution in [-0.2, 0) is 4.79 Å². The number of thioether (sulfide) groups is 1. The van der Waals surface area contributed by atoms with Gasteiger partial charge in [0.1, 0.15) is 0 Å². The first kappa shape index (κ1) is 24.9. The van der Waals surface area contributed by atoms with Crippen LogP contribution in [0, 0.1) is 0 Å². The molecule has 1 saturated heterocycles. The summed E-state index contributed by atoms with van der Waals surface area (Å²) in [5.74, 6) is -3.15. The molecule has 1 saturated carbocycles. The van der Waals surface area contributed by atoms with Crippen molar-refractivity contribution in [2.45, 2.75) is 60.9 Å². The summed E-state index contributed by atoms with van der Waals surface area (Å²) in [6.07, 6.45) is 1.96. The topological polar surface area (TPSA) is 119 Å². The highest BCUT2D eigenvalue weighted by Crippen LogP contribution is 2.40. The first-order valence-electron chi connectivity index (χ1n) is 10.6. The van der Waals surface area contributed by atoms with Crippen molar-refractivity contribution in [3.05, 3.63) is 35.5 Å². The highest BCUT2D eigenvalue weighted by atomic mass is 32.2. The minimum absolute atomic E-state index is 0.106. The van der Waals surface area contributed by atoms with Crippen molar-refractivity contribution in [2.24, 2.45) is 0 Å². The van der Waals surface area contributed by atoms with Gasteiger partial charge in [-0.25, -0.2) is 9.59 Å². The molecule has 0 radical (unpaired) electrons. The second kappa shape index (κ2) is 10.9. The average Bonchev–Trinajstić information content (AvgIpc) is 3.47. The molecule has 2 aromatic rings. The number of rotatable bonds is 5. The Morgan fingerprint density at radius 3 is 2.12 bits per heavy atom. The molecule has 1 aromatic heterocycles. The normalized spacial score (nSPS) is 20.8. The first-order chi connectivity index (χ1) is 15.6. The number of aliphatic carboxylic acids is 1. The van der Waals surface area contributed by atoms with Crippen molar-refractivity contribution in [3.8, 4) is 0 Å². The van der Waals surface area contributed by atoms with Crippen LogP contribution in [0.25, 0.3) is 0 Å². The minimum Gasteiger partial charge on any atom is -0.476 e. The number of benzene rings is 1. The molecule has 33 heavy (non-hydrogen) atoms. The second-order valence-corrected chi connectivity index (χ2v) is 9.27. The Hall–Kier alpha value is -2.76. The number of hydrogen-bond donors (Lipinski definition) is 3. The molecule has 1 aliphatic heterocycles. The maximum atomic E-state index is 11.2. The lowest BCUT2D eigenvalue weighted by molar-refractivity contribution is -0.192. The molecule has 0 bridgehead atoms. The predicted octanol–water partition coefficient (Wildman–Crippen LogP) is 4.55. The lowest BCUT2D eigenvalue weighted by Crippen LogP contribution is -2.21. The SMILES string of the molecule is O=C(O)C(F)(F)F.O=C(O)c1[nH]nnc1S[C@H]1CC[C@@H](c2ccc(N3CCCC3)cc2)CC1. The number of aromatic carboxylic acids is 1. The molecule has 180 valence electrons. The predicted molar refractivity (Wildman–Crippen MR) is 116 cm³/mol. The molecule has 2 heterocycles. The van der Waals surface area contributed by atoms with Gasteiger partial charge in [-0.2, -0.15) is 13.2 Å². The smallest absolute Gasteiger partial charge is 0.476 e. The number of anilines is 1. The summed E-state index contributed by atoms with van der Waals surface area (Å²) in [5, 5.41) is 27.2. The third kappa shape index (κ3) is 6.86. The molecular weight excluding hydrogens is 461 g/mol. The maximum absolute atomic E-state index is 11.2. The zero-order valence-corrected chi connectivity index (χ0v) is 18.5. The third-order valence-corrected chi connectivity index (χ3v) is 7.07. The van der Waals surface area contributed by atoms with E-state index in [4.69, 9.17) is 15.0 Å². The average molecular weight is 487 g/mol. The zero-order chi connectivity index (χ0) is 24.0. The third-order valence-electron chi connectivity index (χ3n) is 5.76. The van der Waals surface area contributed by atoms with Crippen molar-refractivity contribution >= 4 is 29.4 Å². The maximum Gasteiger partial charge on any atom is 0.490 e. The molecule has 8 nitrogen and oxygen atoms in total. The van der Waals surface area contributed by atoms with Gasteiger partial charge >= 0.3 is 18.1 Å². The summed E-state index contributed by atoms with van der Waals surface area (Å²) in [6, 6.07) is 9.14. The van der Waals surface area contributed by atoms with E-state index in [0.29, 0.717) is 16.2 Å². The number of carboxylic acids is 2. The molecule has 0 unspecified atom stereocenters. The summed E-state index contributed by atoms with van der Waals surface area (Å²) >= 11 is 1.55. The van der Waals surface area contributed by atoms with E-state index in [2.05, 4.69) is 44.6 Å². The first-order valence-corrected chi connectivity index (χ1v) is 11.5. The fourth-order valence-corrected chi connectivity index (χ4v) is 5.21. The number of nitrogens with zero attached hydrogens (tertiary/aromatic N) is 3. The summed E-state index contributed by atoms with van der Waals surface area (Å²) in [5.41, 5.74) is 2.89. The summed E-state index contributed by atoms with van der Waals surface area (Å²) < 4.78 is 31.7. The number of aromatic amines is 1. The molecule has 12 heteroatoms. The molecule has 2 aliphatic rings. The van der Waals surface area contributed by atoms with Crippen LogP contribution in [0.5, 0.6) is 0 Å². The quantitative estimate of drug-likeness (QED) is 0.563. The van der Waals surface area contributed by atoms with Gasteiger partial charge in [-0.1, -0.05) is 29.1 Å². The van der Waals surface area contributed by atoms with Crippen LogP contribution in [0.15, 0.2) is 29.3 Å². The highest BCUT2D eigenvalue weighted by Gasteiger charge is 2.38. The zero-order valence-electron chi connectivity index (χ0n) is 17.7. The standard InChI is InChI=1S/C19H24N4O2S.C2HF3O2/c24-19(25)17-18(21-22-20-17)26-16-9-5-14(6-10-16)13-3-7-15(8-4-13)23-11-1-2-12-23;3-2(4,5)1(6)7/h3-4,7-8,14,16H,1-2,5-6,9-12H2,(H,24,25)(H,20,21,22);(H,6,7)/t14-,16+;. The molecule has 0 spiro atoms. The van der Waals surface area contributed by atoms with Crippen LogP contribution in [0.4, 0.5) is 18.9 Å². The molecular formula is C21H25F3N4O4S. The molecule has 0 atom stereocenters. The van der Waals surface area contributed by atoms with Gasteiger partial charge in [0.2, 0.25) is 0 Å². The van der Waals surface area contributed by atoms with E-state index >= 15 is 0 Å². The lowest BCUT2D eigenvalue weighted by Gasteiger charge is -2.28. The van der Waals surface area contributed by atoms with E-state index in [0.717, 1.165) is 25.7 Å². The van der Waals surface area contributed by atoms with Gasteiger partial charge in [0.15, 0.2) is 10.7 Å². The Balaban J connectivity index is 0.000000383. The Labute approximate surface area is 192 Å². The summed E-state index contributed by atoms with van der Waals surface area (Å²) in [4.78, 5) is 22.5. The number of carbonyl (C=O) groups is 2. The van der Waals surface area contributed by atoms with E-state index in [9.17, 15) is 18.0 Å². The van der Waals surface area contributed by atoms with E-state index in [-0.39, 0.29) is 5.69 Å². The summed E-state index contributed by atoms with van der Waals surface area (Å²) in [6.45, 7) is 2.37.